The molecule has 0 saturated carbocycles. The minimum atomic E-state index is 0. The summed E-state index contributed by atoms with van der Waals surface area (Å²) in [6, 6.07) is 7.43. The highest BCUT2D eigenvalue weighted by Crippen LogP contribution is 2.14. The molecule has 1 aromatic rings. The molecule has 1 amide bonds. The van der Waals surface area contributed by atoms with Crippen LogP contribution in [0.15, 0.2) is 24.3 Å². The molecule has 0 aromatic heterocycles. The van der Waals surface area contributed by atoms with Gasteiger partial charge in [-0.05, 0) is 37.6 Å². The van der Waals surface area contributed by atoms with Crippen molar-refractivity contribution < 1.29 is 14.3 Å². The monoisotopic (exact) mass is 340 g/mol. The van der Waals surface area contributed by atoms with E-state index >= 15 is 0 Å². The molecule has 1 aliphatic rings. The molecule has 1 aromatic carbocycles. The van der Waals surface area contributed by atoms with Crippen LogP contribution in [0.4, 0.5) is 0 Å². The van der Waals surface area contributed by atoms with Gasteiger partial charge in [0.15, 0.2) is 5.78 Å². The lowest BCUT2D eigenvalue weighted by Crippen LogP contribution is -2.51. The number of Topliss-reactive ketones (excluding diaryl/α,β-unsaturated/α-hetero) is 1. The first kappa shape index (κ1) is 19.5. The molecule has 1 heterocycles. The minimum Gasteiger partial charge on any atom is -0.497 e. The molecule has 0 bridgehead atoms. The Morgan fingerprint density at radius 2 is 1.96 bits per heavy atom. The smallest absolute Gasteiger partial charge is 0.222 e. The SMILES string of the molecule is COc1ccc(C(=O)CCCC(=O)N2CCNC(C)C2)cc1.Cl. The second kappa shape index (κ2) is 9.53. The summed E-state index contributed by atoms with van der Waals surface area (Å²) < 4.78 is 5.07. The number of halogens is 1. The Bertz CT molecular complexity index is 519. The van der Waals surface area contributed by atoms with Crippen LogP contribution in [-0.4, -0.2) is 49.4 Å². The van der Waals surface area contributed by atoms with E-state index in [9.17, 15) is 9.59 Å². The average molecular weight is 341 g/mol. The van der Waals surface area contributed by atoms with Gasteiger partial charge in [0.1, 0.15) is 5.75 Å². The molecule has 1 saturated heterocycles. The summed E-state index contributed by atoms with van der Waals surface area (Å²) in [6.45, 7) is 4.44. The van der Waals surface area contributed by atoms with Crippen LogP contribution in [0.5, 0.6) is 5.75 Å². The molecule has 2 rings (SSSR count). The number of nitrogens with one attached hydrogen (secondary N) is 1. The first-order valence-electron chi connectivity index (χ1n) is 7.78. The van der Waals surface area contributed by atoms with Crippen molar-refractivity contribution in [3.05, 3.63) is 29.8 Å². The van der Waals surface area contributed by atoms with Gasteiger partial charge in [-0.2, -0.15) is 0 Å². The number of piperazine rings is 1. The van der Waals surface area contributed by atoms with Gasteiger partial charge in [-0.3, -0.25) is 9.59 Å². The normalized spacial score (nSPS) is 17.3. The lowest BCUT2D eigenvalue weighted by molar-refractivity contribution is -0.132. The number of ether oxygens (including phenoxy) is 1. The molecule has 0 spiro atoms. The number of amides is 1. The highest BCUT2D eigenvalue weighted by Gasteiger charge is 2.20. The van der Waals surface area contributed by atoms with Crippen molar-refractivity contribution in [2.24, 2.45) is 0 Å². The highest BCUT2D eigenvalue weighted by molar-refractivity contribution is 5.96. The third-order valence-corrected chi connectivity index (χ3v) is 3.93. The number of methoxy groups -OCH3 is 1. The molecule has 0 radical (unpaired) electrons. The fraction of sp³-hybridized carbons (Fsp3) is 0.529. The second-order valence-electron chi connectivity index (χ2n) is 5.70. The van der Waals surface area contributed by atoms with Crippen LogP contribution in [0.1, 0.15) is 36.5 Å². The second-order valence-corrected chi connectivity index (χ2v) is 5.70. The molecule has 1 fully saturated rings. The Labute approximate surface area is 143 Å². The van der Waals surface area contributed by atoms with Gasteiger partial charge in [0.05, 0.1) is 7.11 Å². The van der Waals surface area contributed by atoms with Crippen LogP contribution < -0.4 is 10.1 Å². The van der Waals surface area contributed by atoms with E-state index in [1.54, 1.807) is 31.4 Å². The van der Waals surface area contributed by atoms with Crippen molar-refractivity contribution >= 4 is 24.1 Å². The molecule has 5 nitrogen and oxygen atoms in total. The number of hydrogen-bond donors (Lipinski definition) is 1. The van der Waals surface area contributed by atoms with Crippen molar-refractivity contribution in [1.82, 2.24) is 10.2 Å². The Morgan fingerprint density at radius 1 is 1.26 bits per heavy atom. The molecule has 1 N–H and O–H groups in total. The number of ketones is 1. The maximum absolute atomic E-state index is 12.1. The number of rotatable bonds is 6. The Morgan fingerprint density at radius 3 is 2.57 bits per heavy atom. The predicted octanol–water partition coefficient (Wildman–Crippen LogP) is 2.29. The van der Waals surface area contributed by atoms with E-state index in [0.29, 0.717) is 30.9 Å². The lowest BCUT2D eigenvalue weighted by atomic mass is 10.0. The van der Waals surface area contributed by atoms with Gasteiger partial charge in [-0.15, -0.1) is 12.4 Å². The van der Waals surface area contributed by atoms with Crippen molar-refractivity contribution in [2.45, 2.75) is 32.2 Å². The van der Waals surface area contributed by atoms with E-state index in [-0.39, 0.29) is 24.1 Å². The topological polar surface area (TPSA) is 58.6 Å². The molecular formula is C17H25ClN2O3. The molecule has 6 heteroatoms. The molecule has 23 heavy (non-hydrogen) atoms. The van der Waals surface area contributed by atoms with Crippen LogP contribution in [0.3, 0.4) is 0 Å². The number of hydrogen-bond acceptors (Lipinski definition) is 4. The molecular weight excluding hydrogens is 316 g/mol. The Hall–Kier alpha value is -1.59. The minimum absolute atomic E-state index is 0. The number of nitrogens with zero attached hydrogens (tertiary/aromatic N) is 1. The zero-order chi connectivity index (χ0) is 15.9. The average Bonchev–Trinajstić information content (AvgIpc) is 2.54. The summed E-state index contributed by atoms with van der Waals surface area (Å²) in [5.41, 5.74) is 0.670. The zero-order valence-corrected chi connectivity index (χ0v) is 14.5. The third kappa shape index (κ3) is 5.84. The Balaban J connectivity index is 0.00000264. The van der Waals surface area contributed by atoms with Crippen LogP contribution in [0.2, 0.25) is 0 Å². The maximum atomic E-state index is 12.1. The van der Waals surface area contributed by atoms with Crippen LogP contribution in [0, 0.1) is 0 Å². The van der Waals surface area contributed by atoms with E-state index in [0.717, 1.165) is 25.4 Å². The van der Waals surface area contributed by atoms with Crippen LogP contribution in [-0.2, 0) is 4.79 Å². The van der Waals surface area contributed by atoms with E-state index in [1.165, 1.54) is 0 Å². The van der Waals surface area contributed by atoms with Gasteiger partial charge in [0.2, 0.25) is 5.91 Å². The summed E-state index contributed by atoms with van der Waals surface area (Å²) >= 11 is 0. The van der Waals surface area contributed by atoms with E-state index < -0.39 is 0 Å². The molecule has 1 unspecified atom stereocenters. The first-order valence-corrected chi connectivity index (χ1v) is 7.78. The highest BCUT2D eigenvalue weighted by atomic mass is 35.5. The van der Waals surface area contributed by atoms with Gasteiger partial charge in [-0.1, -0.05) is 0 Å². The fourth-order valence-electron chi connectivity index (χ4n) is 2.64. The van der Waals surface area contributed by atoms with Gasteiger partial charge in [-0.25, -0.2) is 0 Å². The van der Waals surface area contributed by atoms with Crippen molar-refractivity contribution in [3.63, 3.8) is 0 Å². The standard InChI is InChI=1S/C17H24N2O3.ClH/c1-13-12-19(11-10-18-13)17(21)5-3-4-16(20)14-6-8-15(22-2)9-7-14;/h6-9,13,18H,3-5,10-12H2,1-2H3;1H. The van der Waals surface area contributed by atoms with Crippen molar-refractivity contribution in [1.29, 1.82) is 0 Å². The van der Waals surface area contributed by atoms with E-state index in [4.69, 9.17) is 4.74 Å². The summed E-state index contributed by atoms with van der Waals surface area (Å²) in [5, 5.41) is 3.31. The molecule has 0 aliphatic carbocycles. The Kier molecular flexibility index (Phi) is 8.06. The zero-order valence-electron chi connectivity index (χ0n) is 13.7. The maximum Gasteiger partial charge on any atom is 0.222 e. The van der Waals surface area contributed by atoms with Crippen molar-refractivity contribution in [2.75, 3.05) is 26.7 Å². The summed E-state index contributed by atoms with van der Waals surface area (Å²) in [7, 11) is 1.60. The summed E-state index contributed by atoms with van der Waals surface area (Å²) in [5.74, 6) is 0.958. The largest absolute Gasteiger partial charge is 0.497 e. The van der Waals surface area contributed by atoms with E-state index in [2.05, 4.69) is 12.2 Å². The number of carbonyl (C=O) groups is 2. The summed E-state index contributed by atoms with van der Waals surface area (Å²) in [4.78, 5) is 26.1. The lowest BCUT2D eigenvalue weighted by Gasteiger charge is -2.32. The molecule has 1 atom stereocenters. The van der Waals surface area contributed by atoms with Gasteiger partial charge in [0.25, 0.3) is 0 Å². The quantitative estimate of drug-likeness (QED) is 0.807. The van der Waals surface area contributed by atoms with Gasteiger partial charge < -0.3 is 15.0 Å². The van der Waals surface area contributed by atoms with Crippen molar-refractivity contribution in [3.8, 4) is 5.75 Å². The summed E-state index contributed by atoms with van der Waals surface area (Å²) in [6.07, 6.45) is 1.44. The van der Waals surface area contributed by atoms with E-state index in [1.807, 2.05) is 4.90 Å². The third-order valence-electron chi connectivity index (χ3n) is 3.93. The van der Waals surface area contributed by atoms with Gasteiger partial charge >= 0.3 is 0 Å². The van der Waals surface area contributed by atoms with Crippen LogP contribution in [0.25, 0.3) is 0 Å². The molecule has 128 valence electrons. The number of carbonyl (C=O) groups excluding carboxylic acids is 2. The predicted molar refractivity (Wildman–Crippen MR) is 92.5 cm³/mol. The molecule has 1 aliphatic heterocycles. The number of benzene rings is 1. The van der Waals surface area contributed by atoms with Crippen LogP contribution >= 0.6 is 12.4 Å². The fourth-order valence-corrected chi connectivity index (χ4v) is 2.64. The first-order chi connectivity index (χ1) is 10.6. The van der Waals surface area contributed by atoms with Gasteiger partial charge in [0, 0.05) is 44.1 Å².